The minimum Gasteiger partial charge on any atom is -0.478 e. The number of carbonyl (C=O) groups excluding carboxylic acids is 1. The number of carboxylic acid groups (broad SMARTS) is 1. The molecule has 102 valence electrons. The molecular formula is C13H21NO4. The summed E-state index contributed by atoms with van der Waals surface area (Å²) in [5.41, 5.74) is 0.825. The highest BCUT2D eigenvalue weighted by molar-refractivity contribution is 5.86. The molecular weight excluding hydrogens is 234 g/mol. The molecule has 0 aromatic carbocycles. The Hall–Kier alpha value is -1.52. The molecule has 0 atom stereocenters. The fourth-order valence-corrected chi connectivity index (χ4v) is 1.81. The summed E-state index contributed by atoms with van der Waals surface area (Å²) in [5, 5.41) is 8.90. The number of ether oxygens (including phenoxy) is 1. The highest BCUT2D eigenvalue weighted by Gasteiger charge is 2.25. The van der Waals surface area contributed by atoms with Gasteiger partial charge in [-0.15, -0.1) is 0 Å². The van der Waals surface area contributed by atoms with Crippen LogP contribution < -0.4 is 0 Å². The summed E-state index contributed by atoms with van der Waals surface area (Å²) in [7, 11) is 0. The van der Waals surface area contributed by atoms with Gasteiger partial charge in [0.15, 0.2) is 0 Å². The van der Waals surface area contributed by atoms with Gasteiger partial charge in [-0.25, -0.2) is 9.59 Å². The van der Waals surface area contributed by atoms with E-state index in [4.69, 9.17) is 9.84 Å². The molecule has 1 saturated heterocycles. The Morgan fingerprint density at radius 2 is 1.72 bits per heavy atom. The fourth-order valence-electron chi connectivity index (χ4n) is 1.81. The van der Waals surface area contributed by atoms with Crippen LogP contribution in [-0.4, -0.2) is 40.8 Å². The average molecular weight is 255 g/mol. The molecule has 0 aromatic rings. The number of piperidine rings is 1. The Labute approximate surface area is 107 Å². The number of likely N-dealkylation sites (tertiary alicyclic amines) is 1. The number of hydrogen-bond donors (Lipinski definition) is 1. The van der Waals surface area contributed by atoms with Crippen molar-refractivity contribution in [1.29, 1.82) is 0 Å². The van der Waals surface area contributed by atoms with Gasteiger partial charge in [0.1, 0.15) is 5.60 Å². The Kier molecular flexibility index (Phi) is 4.38. The Morgan fingerprint density at radius 3 is 2.11 bits per heavy atom. The highest BCUT2D eigenvalue weighted by Crippen LogP contribution is 2.21. The van der Waals surface area contributed by atoms with Gasteiger partial charge in [0.25, 0.3) is 0 Å². The summed E-state index contributed by atoms with van der Waals surface area (Å²) in [6.07, 6.45) is 0.893. The smallest absolute Gasteiger partial charge is 0.410 e. The van der Waals surface area contributed by atoms with Crippen molar-refractivity contribution < 1.29 is 19.4 Å². The minimum atomic E-state index is -0.879. The van der Waals surface area contributed by atoms with Crippen LogP contribution in [0.4, 0.5) is 4.79 Å². The van der Waals surface area contributed by atoms with Crippen LogP contribution in [0.1, 0.15) is 40.5 Å². The second-order valence-corrected chi connectivity index (χ2v) is 5.50. The molecule has 1 heterocycles. The van der Waals surface area contributed by atoms with Crippen molar-refractivity contribution in [2.75, 3.05) is 13.1 Å². The lowest BCUT2D eigenvalue weighted by molar-refractivity contribution is -0.132. The standard InChI is InChI=1S/C13H21NO4/c1-9(11(15)16)10-5-7-14(8-6-10)12(17)18-13(2,3)4/h5-8H2,1-4H3,(H,15,16). The van der Waals surface area contributed by atoms with Crippen LogP contribution in [0.25, 0.3) is 0 Å². The largest absolute Gasteiger partial charge is 0.478 e. The quantitative estimate of drug-likeness (QED) is 0.731. The molecule has 1 fully saturated rings. The van der Waals surface area contributed by atoms with E-state index < -0.39 is 11.6 Å². The van der Waals surface area contributed by atoms with Crippen molar-refractivity contribution in [2.45, 2.75) is 46.1 Å². The third-order valence-corrected chi connectivity index (χ3v) is 2.87. The molecule has 0 bridgehead atoms. The molecule has 18 heavy (non-hydrogen) atoms. The zero-order valence-electron chi connectivity index (χ0n) is 11.4. The molecule has 1 N–H and O–H groups in total. The van der Waals surface area contributed by atoms with Gasteiger partial charge in [-0.05, 0) is 40.5 Å². The summed E-state index contributed by atoms with van der Waals surface area (Å²) in [4.78, 5) is 24.3. The molecule has 1 amide bonds. The van der Waals surface area contributed by atoms with Gasteiger partial charge in [0.2, 0.25) is 0 Å². The highest BCUT2D eigenvalue weighted by atomic mass is 16.6. The maximum Gasteiger partial charge on any atom is 0.410 e. The fraction of sp³-hybridized carbons (Fsp3) is 0.692. The minimum absolute atomic E-state index is 0.325. The first-order valence-electron chi connectivity index (χ1n) is 6.10. The molecule has 0 unspecified atom stereocenters. The maximum absolute atomic E-state index is 11.8. The summed E-state index contributed by atoms with van der Waals surface area (Å²) in [6.45, 7) is 8.14. The Bertz CT molecular complexity index is 369. The first-order valence-corrected chi connectivity index (χ1v) is 6.10. The van der Waals surface area contributed by atoms with Crippen molar-refractivity contribution in [2.24, 2.45) is 0 Å². The zero-order valence-corrected chi connectivity index (χ0v) is 11.4. The molecule has 1 rings (SSSR count). The lowest BCUT2D eigenvalue weighted by atomic mass is 9.99. The van der Waals surface area contributed by atoms with Crippen LogP contribution in [0, 0.1) is 0 Å². The number of carboxylic acids is 1. The van der Waals surface area contributed by atoms with Gasteiger partial charge >= 0.3 is 12.1 Å². The van der Waals surface area contributed by atoms with Crippen molar-refractivity contribution in [1.82, 2.24) is 4.90 Å². The maximum atomic E-state index is 11.8. The van der Waals surface area contributed by atoms with Gasteiger partial charge in [0, 0.05) is 18.7 Å². The van der Waals surface area contributed by atoms with Crippen LogP contribution in [0.3, 0.4) is 0 Å². The first kappa shape index (κ1) is 14.5. The Balaban J connectivity index is 2.57. The van der Waals surface area contributed by atoms with Gasteiger partial charge in [-0.1, -0.05) is 5.57 Å². The van der Waals surface area contributed by atoms with E-state index in [0.29, 0.717) is 31.5 Å². The predicted octanol–water partition coefficient (Wildman–Crippen LogP) is 2.42. The number of nitrogens with zero attached hydrogens (tertiary/aromatic N) is 1. The van der Waals surface area contributed by atoms with Crippen LogP contribution in [0.5, 0.6) is 0 Å². The van der Waals surface area contributed by atoms with E-state index in [1.54, 1.807) is 11.8 Å². The zero-order chi connectivity index (χ0) is 13.9. The molecule has 0 aliphatic carbocycles. The third kappa shape index (κ3) is 4.05. The molecule has 0 saturated carbocycles. The topological polar surface area (TPSA) is 66.8 Å². The third-order valence-electron chi connectivity index (χ3n) is 2.87. The number of carbonyl (C=O) groups is 2. The summed E-state index contributed by atoms with van der Waals surface area (Å²) in [6, 6.07) is 0. The molecule has 1 aliphatic heterocycles. The SMILES string of the molecule is CC(C(=O)O)=C1CCN(C(=O)OC(C)(C)C)CC1. The normalized spacial score (nSPS) is 16.4. The molecule has 5 heteroatoms. The number of amides is 1. The number of aliphatic carboxylic acids is 1. The molecule has 1 aliphatic rings. The second-order valence-electron chi connectivity index (χ2n) is 5.50. The van der Waals surface area contributed by atoms with E-state index >= 15 is 0 Å². The van der Waals surface area contributed by atoms with E-state index in [1.807, 2.05) is 20.8 Å². The van der Waals surface area contributed by atoms with Crippen LogP contribution in [0.15, 0.2) is 11.1 Å². The summed E-state index contributed by atoms with van der Waals surface area (Å²) >= 11 is 0. The van der Waals surface area contributed by atoms with Gasteiger partial charge in [-0.3, -0.25) is 0 Å². The van der Waals surface area contributed by atoms with E-state index in [-0.39, 0.29) is 6.09 Å². The van der Waals surface area contributed by atoms with Crippen molar-refractivity contribution >= 4 is 12.1 Å². The lowest BCUT2D eigenvalue weighted by Crippen LogP contribution is -2.40. The van der Waals surface area contributed by atoms with Crippen molar-refractivity contribution in [3.05, 3.63) is 11.1 Å². The van der Waals surface area contributed by atoms with Crippen LogP contribution in [-0.2, 0) is 9.53 Å². The number of hydrogen-bond acceptors (Lipinski definition) is 3. The van der Waals surface area contributed by atoms with Crippen molar-refractivity contribution in [3.63, 3.8) is 0 Å². The van der Waals surface area contributed by atoms with Gasteiger partial charge in [-0.2, -0.15) is 0 Å². The Morgan fingerprint density at radius 1 is 1.22 bits per heavy atom. The van der Waals surface area contributed by atoms with E-state index in [2.05, 4.69) is 0 Å². The predicted molar refractivity (Wildman–Crippen MR) is 67.4 cm³/mol. The molecule has 0 aromatic heterocycles. The monoisotopic (exact) mass is 255 g/mol. The lowest BCUT2D eigenvalue weighted by Gasteiger charge is -2.31. The molecule has 5 nitrogen and oxygen atoms in total. The molecule has 0 spiro atoms. The van der Waals surface area contributed by atoms with Crippen molar-refractivity contribution in [3.8, 4) is 0 Å². The van der Waals surface area contributed by atoms with E-state index in [1.165, 1.54) is 0 Å². The summed E-state index contributed by atoms with van der Waals surface area (Å²) in [5.74, 6) is -0.879. The van der Waals surface area contributed by atoms with Gasteiger partial charge < -0.3 is 14.7 Å². The van der Waals surface area contributed by atoms with E-state index in [9.17, 15) is 9.59 Å². The first-order chi connectivity index (χ1) is 8.20. The van der Waals surface area contributed by atoms with E-state index in [0.717, 1.165) is 5.57 Å². The number of rotatable bonds is 1. The summed E-state index contributed by atoms with van der Waals surface area (Å²) < 4.78 is 5.27. The second kappa shape index (κ2) is 5.42. The average Bonchev–Trinajstić information content (AvgIpc) is 2.26. The van der Waals surface area contributed by atoms with Crippen LogP contribution in [0.2, 0.25) is 0 Å². The van der Waals surface area contributed by atoms with Crippen LogP contribution >= 0.6 is 0 Å². The molecule has 0 radical (unpaired) electrons. The van der Waals surface area contributed by atoms with Gasteiger partial charge in [0.05, 0.1) is 0 Å².